The van der Waals surface area contributed by atoms with Gasteiger partial charge in [0.2, 0.25) is 0 Å². The van der Waals surface area contributed by atoms with E-state index in [0.29, 0.717) is 6.10 Å². The van der Waals surface area contributed by atoms with Gasteiger partial charge < -0.3 is 4.43 Å². The van der Waals surface area contributed by atoms with Gasteiger partial charge in [-0.05, 0) is 17.5 Å². The Labute approximate surface area is 60.6 Å². The summed E-state index contributed by atoms with van der Waals surface area (Å²) in [6.45, 7) is 2.13. The highest BCUT2D eigenvalue weighted by Crippen LogP contribution is 2.23. The van der Waals surface area contributed by atoms with E-state index in [1.54, 1.807) is 0 Å². The van der Waals surface area contributed by atoms with E-state index in [0.717, 1.165) is 0 Å². The van der Waals surface area contributed by atoms with Crippen LogP contribution in [0.4, 0.5) is 0 Å². The number of fused-ring (bicyclic) bond motifs is 1. The molecule has 0 saturated heterocycles. The van der Waals surface area contributed by atoms with Crippen molar-refractivity contribution in [3.05, 3.63) is 16.3 Å². The van der Waals surface area contributed by atoms with Crippen molar-refractivity contribution >= 4 is 26.3 Å². The molecule has 9 heavy (non-hydrogen) atoms. The number of thiophene rings is 1. The summed E-state index contributed by atoms with van der Waals surface area (Å²) in [5.74, 6) is 0. The van der Waals surface area contributed by atoms with E-state index in [-0.39, 0.29) is 9.76 Å². The fourth-order valence-electron chi connectivity index (χ4n) is 1.11. The molecule has 0 amide bonds. The summed E-state index contributed by atoms with van der Waals surface area (Å²) in [5, 5.41) is 3.68. The molecule has 1 unspecified atom stereocenters. The molecular weight excluding hydrogens is 148 g/mol. The van der Waals surface area contributed by atoms with Crippen LogP contribution in [0.25, 0.3) is 0 Å². The Morgan fingerprint density at radius 2 is 2.67 bits per heavy atom. The van der Waals surface area contributed by atoms with Gasteiger partial charge in [0.15, 0.2) is 9.76 Å². The first-order chi connectivity index (χ1) is 4.38. The molecule has 1 aliphatic heterocycles. The normalized spacial score (nSPS) is 27.0. The molecule has 0 aliphatic carbocycles. The Morgan fingerprint density at radius 3 is 3.44 bits per heavy atom. The Hall–Kier alpha value is -0.123. The highest BCUT2D eigenvalue weighted by Gasteiger charge is 2.19. The van der Waals surface area contributed by atoms with Crippen LogP contribution in [0.1, 0.15) is 17.9 Å². The van der Waals surface area contributed by atoms with Gasteiger partial charge in [0.25, 0.3) is 0 Å². The SMILES string of the molecule is CC1O[SiH2]c2ccsc21. The molecule has 0 fully saturated rings. The van der Waals surface area contributed by atoms with E-state index in [1.165, 1.54) is 10.1 Å². The first-order valence-corrected chi connectivity index (χ1v) is 5.22. The number of rotatable bonds is 0. The van der Waals surface area contributed by atoms with Crippen LogP contribution in [0, 0.1) is 0 Å². The van der Waals surface area contributed by atoms with Gasteiger partial charge in [0, 0.05) is 4.88 Å². The van der Waals surface area contributed by atoms with Gasteiger partial charge in [0.1, 0.15) is 0 Å². The molecule has 3 heteroatoms. The highest BCUT2D eigenvalue weighted by molar-refractivity contribution is 7.11. The average Bonchev–Trinajstić information content (AvgIpc) is 2.35. The van der Waals surface area contributed by atoms with Crippen LogP contribution in [0.3, 0.4) is 0 Å². The third-order valence-corrected chi connectivity index (χ3v) is 4.61. The third kappa shape index (κ3) is 0.763. The van der Waals surface area contributed by atoms with Crippen molar-refractivity contribution in [1.29, 1.82) is 0 Å². The molecule has 1 aromatic rings. The topological polar surface area (TPSA) is 9.23 Å². The summed E-state index contributed by atoms with van der Waals surface area (Å²) in [5.41, 5.74) is 0. The predicted octanol–water partition coefficient (Wildman–Crippen LogP) is 0.548. The molecule has 1 atom stereocenters. The van der Waals surface area contributed by atoms with Gasteiger partial charge in [-0.1, -0.05) is 6.07 Å². The van der Waals surface area contributed by atoms with Gasteiger partial charge in [-0.3, -0.25) is 0 Å². The standard InChI is InChI=1S/C6H8OSSi/c1-4-6-5(9-7-4)2-3-8-6/h2-4H,9H2,1H3. The van der Waals surface area contributed by atoms with Crippen molar-refractivity contribution in [3.8, 4) is 0 Å². The first-order valence-electron chi connectivity index (χ1n) is 3.06. The molecule has 0 aromatic carbocycles. The molecular formula is C6H8OSSi. The Morgan fingerprint density at radius 1 is 1.78 bits per heavy atom. The Bertz CT molecular complexity index is 221. The molecule has 2 rings (SSSR count). The fourth-order valence-corrected chi connectivity index (χ4v) is 3.93. The lowest BCUT2D eigenvalue weighted by molar-refractivity contribution is 0.261. The predicted molar refractivity (Wildman–Crippen MR) is 42.0 cm³/mol. The zero-order valence-electron chi connectivity index (χ0n) is 5.26. The van der Waals surface area contributed by atoms with E-state index in [2.05, 4.69) is 18.4 Å². The van der Waals surface area contributed by atoms with Gasteiger partial charge in [-0.2, -0.15) is 0 Å². The summed E-state index contributed by atoms with van der Waals surface area (Å²) < 4.78 is 5.51. The molecule has 0 radical (unpaired) electrons. The van der Waals surface area contributed by atoms with Gasteiger partial charge in [-0.15, -0.1) is 11.3 Å². The molecule has 0 N–H and O–H groups in total. The molecule has 0 saturated carbocycles. The zero-order chi connectivity index (χ0) is 6.27. The minimum atomic E-state index is -0.303. The fraction of sp³-hybridized carbons (Fsp3) is 0.333. The minimum absolute atomic E-state index is 0.303. The van der Waals surface area contributed by atoms with Gasteiger partial charge in [0.05, 0.1) is 6.10 Å². The van der Waals surface area contributed by atoms with Gasteiger partial charge in [-0.25, -0.2) is 0 Å². The van der Waals surface area contributed by atoms with E-state index in [4.69, 9.17) is 4.43 Å². The highest BCUT2D eigenvalue weighted by atomic mass is 32.1. The van der Waals surface area contributed by atoms with Crippen molar-refractivity contribution in [3.63, 3.8) is 0 Å². The van der Waals surface area contributed by atoms with E-state index in [1.807, 2.05) is 11.3 Å². The van der Waals surface area contributed by atoms with Crippen LogP contribution in [0.5, 0.6) is 0 Å². The summed E-state index contributed by atoms with van der Waals surface area (Å²) in [7, 11) is -0.303. The number of hydrogen-bond acceptors (Lipinski definition) is 2. The van der Waals surface area contributed by atoms with Crippen molar-refractivity contribution in [1.82, 2.24) is 0 Å². The lowest BCUT2D eigenvalue weighted by Crippen LogP contribution is -2.06. The largest absolute Gasteiger partial charge is 0.411 e. The van der Waals surface area contributed by atoms with Crippen LogP contribution in [0.15, 0.2) is 11.4 Å². The number of hydrogen-bond donors (Lipinski definition) is 0. The van der Waals surface area contributed by atoms with E-state index < -0.39 is 0 Å². The smallest absolute Gasteiger partial charge is 0.194 e. The maximum absolute atomic E-state index is 5.51. The second-order valence-corrected chi connectivity index (χ2v) is 4.59. The monoisotopic (exact) mass is 156 g/mol. The molecule has 48 valence electrons. The molecule has 1 aromatic heterocycles. The summed E-state index contributed by atoms with van der Waals surface area (Å²) in [6, 6.07) is 2.20. The molecule has 2 heterocycles. The zero-order valence-corrected chi connectivity index (χ0v) is 7.49. The summed E-state index contributed by atoms with van der Waals surface area (Å²) >= 11 is 1.83. The van der Waals surface area contributed by atoms with Crippen LogP contribution in [0.2, 0.25) is 0 Å². The van der Waals surface area contributed by atoms with Crippen LogP contribution >= 0.6 is 11.3 Å². The lowest BCUT2D eigenvalue weighted by atomic mass is 10.3. The second kappa shape index (κ2) is 1.93. The summed E-state index contributed by atoms with van der Waals surface area (Å²) in [6.07, 6.45) is 0.409. The minimum Gasteiger partial charge on any atom is -0.411 e. The maximum Gasteiger partial charge on any atom is 0.194 e. The van der Waals surface area contributed by atoms with Crippen molar-refractivity contribution in [2.45, 2.75) is 13.0 Å². The summed E-state index contributed by atoms with van der Waals surface area (Å²) in [4.78, 5) is 1.47. The molecule has 0 spiro atoms. The molecule has 0 bridgehead atoms. The van der Waals surface area contributed by atoms with Crippen LogP contribution in [-0.4, -0.2) is 9.76 Å². The maximum atomic E-state index is 5.51. The van der Waals surface area contributed by atoms with Crippen LogP contribution in [-0.2, 0) is 4.43 Å². The quantitative estimate of drug-likeness (QED) is 0.498. The molecule has 1 nitrogen and oxygen atoms in total. The van der Waals surface area contributed by atoms with Gasteiger partial charge >= 0.3 is 0 Å². The first kappa shape index (κ1) is 5.65. The van der Waals surface area contributed by atoms with Crippen LogP contribution < -0.4 is 5.19 Å². The van der Waals surface area contributed by atoms with Crippen molar-refractivity contribution < 1.29 is 4.43 Å². The second-order valence-electron chi connectivity index (χ2n) is 2.26. The van der Waals surface area contributed by atoms with E-state index >= 15 is 0 Å². The Kier molecular flexibility index (Phi) is 1.21. The van der Waals surface area contributed by atoms with Crippen molar-refractivity contribution in [2.75, 3.05) is 0 Å². The third-order valence-electron chi connectivity index (χ3n) is 1.64. The average molecular weight is 156 g/mol. The lowest BCUT2D eigenvalue weighted by Gasteiger charge is -1.98. The van der Waals surface area contributed by atoms with Crippen molar-refractivity contribution in [2.24, 2.45) is 0 Å². The van der Waals surface area contributed by atoms with E-state index in [9.17, 15) is 0 Å². The molecule has 1 aliphatic rings. The Balaban J connectivity index is 2.49.